The van der Waals surface area contributed by atoms with Gasteiger partial charge in [-0.1, -0.05) is 39.0 Å². The molecule has 5 aromatic rings. The Morgan fingerprint density at radius 2 is 1.73 bits per heavy atom. The van der Waals surface area contributed by atoms with Crippen molar-refractivity contribution in [1.29, 1.82) is 0 Å². The molecule has 1 aromatic carbocycles. The minimum atomic E-state index is -4.70. The number of aromatic amines is 1. The van der Waals surface area contributed by atoms with Crippen molar-refractivity contribution in [3.63, 3.8) is 0 Å². The Morgan fingerprint density at radius 3 is 2.46 bits per heavy atom. The van der Waals surface area contributed by atoms with Crippen LogP contribution in [0.2, 0.25) is 0 Å². The molecule has 3 aliphatic heterocycles. The minimum absolute atomic E-state index is 0.132. The van der Waals surface area contributed by atoms with Crippen LogP contribution in [0, 0.1) is 18.4 Å². The molecule has 3 saturated heterocycles. The smallest absolute Gasteiger partial charge is 0.352 e. The number of nitrogens with one attached hydrogen (secondary N) is 3. The molecule has 3 aliphatic rings. The number of hydrogen-bond donors (Lipinski definition) is 3. The SMILES string of the molecule is [C-]#[N+]CCOP1(=O)OCC2OC(n3cnc4c(=O)[nH]c(NC(=O)C(C)C)nc43)C(OP(=O)(OC)CCC3OC(n4cnc5c(NC(=O)c6ccccc6)ncnc54)C(C)C3O1)C2F. The van der Waals surface area contributed by atoms with Gasteiger partial charge in [0.2, 0.25) is 18.4 Å². The number of halogens is 1. The number of amides is 2. The second kappa shape index (κ2) is 18.0. The Bertz CT molecular complexity index is 2710. The van der Waals surface area contributed by atoms with Crippen LogP contribution < -0.4 is 16.2 Å². The lowest BCUT2D eigenvalue weighted by Gasteiger charge is -2.28. The van der Waals surface area contributed by atoms with E-state index in [0.29, 0.717) is 5.56 Å². The van der Waals surface area contributed by atoms with E-state index in [1.54, 1.807) is 55.7 Å². The Hall–Kier alpha value is -5.34. The first-order valence-corrected chi connectivity index (χ1v) is 22.9. The number of carbonyl (C=O) groups excluding carboxylic acids is 2. The van der Waals surface area contributed by atoms with Crippen LogP contribution in [0.25, 0.3) is 27.2 Å². The lowest BCUT2D eigenvalue weighted by molar-refractivity contribution is -0.118. The van der Waals surface area contributed by atoms with Crippen LogP contribution in [0.4, 0.5) is 16.2 Å². The summed E-state index contributed by atoms with van der Waals surface area (Å²) in [5.74, 6) is -2.11. The topological polar surface area (TPSA) is 268 Å². The van der Waals surface area contributed by atoms with Crippen molar-refractivity contribution in [2.75, 3.05) is 43.7 Å². The summed E-state index contributed by atoms with van der Waals surface area (Å²) in [4.78, 5) is 65.7. The molecule has 8 rings (SSSR count). The average Bonchev–Trinajstić information content (AvgIpc) is 4.04. The highest BCUT2D eigenvalue weighted by Gasteiger charge is 2.54. The van der Waals surface area contributed by atoms with E-state index in [-0.39, 0.29) is 59.8 Å². The van der Waals surface area contributed by atoms with Gasteiger partial charge < -0.3 is 24.2 Å². The van der Waals surface area contributed by atoms with E-state index >= 15 is 4.39 Å². The first kappa shape index (κ1) is 44.3. The fourth-order valence-electron chi connectivity index (χ4n) is 7.36. The van der Waals surface area contributed by atoms with Crippen molar-refractivity contribution in [3.8, 4) is 0 Å². The van der Waals surface area contributed by atoms with E-state index in [0.717, 1.165) is 13.4 Å². The van der Waals surface area contributed by atoms with Gasteiger partial charge in [-0.2, -0.15) is 4.98 Å². The molecule has 0 saturated carbocycles. The van der Waals surface area contributed by atoms with Crippen molar-refractivity contribution in [1.82, 2.24) is 39.0 Å². The Balaban J connectivity index is 1.11. The number of fused-ring (bicyclic) bond motifs is 5. The zero-order chi connectivity index (χ0) is 44.6. The second-order valence-electron chi connectivity index (χ2n) is 15.1. The first-order chi connectivity index (χ1) is 30.2. The summed E-state index contributed by atoms with van der Waals surface area (Å²) < 4.78 is 90.2. The summed E-state index contributed by atoms with van der Waals surface area (Å²) in [7, 11) is -7.83. The van der Waals surface area contributed by atoms with E-state index in [1.165, 1.54) is 17.2 Å². The monoisotopic (exact) mass is 913 g/mol. The summed E-state index contributed by atoms with van der Waals surface area (Å²) in [6.07, 6.45) is -6.71. The summed E-state index contributed by atoms with van der Waals surface area (Å²) in [5, 5.41) is 5.27. The lowest BCUT2D eigenvalue weighted by atomic mass is 10.0. The number of phosphoric acid groups is 1. The van der Waals surface area contributed by atoms with Crippen LogP contribution in [0.1, 0.15) is 50.0 Å². The quantitative estimate of drug-likeness (QED) is 0.0977. The van der Waals surface area contributed by atoms with Gasteiger partial charge in [0.15, 0.2) is 40.5 Å². The maximum Gasteiger partial charge on any atom is 0.475 e. The summed E-state index contributed by atoms with van der Waals surface area (Å²) in [5.41, 5.74) is -0.158. The minimum Gasteiger partial charge on any atom is -0.352 e. The van der Waals surface area contributed by atoms with Gasteiger partial charge in [-0.3, -0.25) is 56.5 Å². The number of imidazole rings is 2. The third-order valence-electron chi connectivity index (χ3n) is 10.6. The molecule has 334 valence electrons. The molecule has 2 bridgehead atoms. The van der Waals surface area contributed by atoms with E-state index in [2.05, 4.69) is 45.4 Å². The van der Waals surface area contributed by atoms with Gasteiger partial charge in [0.1, 0.15) is 37.5 Å². The number of aromatic nitrogens is 8. The van der Waals surface area contributed by atoms with Gasteiger partial charge in [-0.05, 0) is 18.6 Å². The molecule has 4 aromatic heterocycles. The number of carbonyl (C=O) groups is 2. The van der Waals surface area contributed by atoms with Gasteiger partial charge in [0.05, 0.1) is 31.5 Å². The fraction of sp³-hybridized carbons (Fsp3) is 0.486. The molecule has 0 radical (unpaired) electrons. The third kappa shape index (κ3) is 8.93. The van der Waals surface area contributed by atoms with E-state index in [4.69, 9.17) is 38.7 Å². The van der Waals surface area contributed by atoms with Gasteiger partial charge in [-0.15, -0.1) is 0 Å². The van der Waals surface area contributed by atoms with Crippen molar-refractivity contribution < 1.29 is 55.2 Å². The Morgan fingerprint density at radius 1 is 1.00 bits per heavy atom. The van der Waals surface area contributed by atoms with Crippen LogP contribution >= 0.6 is 15.4 Å². The van der Waals surface area contributed by atoms with Crippen LogP contribution in [0.3, 0.4) is 0 Å². The molecule has 3 N–H and O–H groups in total. The zero-order valence-corrected chi connectivity index (χ0v) is 35.9. The fourth-order valence-corrected chi connectivity index (χ4v) is 10.4. The van der Waals surface area contributed by atoms with Gasteiger partial charge in [0.25, 0.3) is 11.5 Å². The maximum atomic E-state index is 16.7. The maximum absolute atomic E-state index is 16.7. The van der Waals surface area contributed by atoms with E-state index in [9.17, 15) is 23.5 Å². The first-order valence-electron chi connectivity index (χ1n) is 19.7. The largest absolute Gasteiger partial charge is 0.475 e. The number of rotatable bonds is 10. The number of ether oxygens (including phenoxy) is 2. The predicted octanol–water partition coefficient (Wildman–Crippen LogP) is 4.65. The van der Waals surface area contributed by atoms with Crippen molar-refractivity contribution in [3.05, 3.63) is 76.6 Å². The lowest BCUT2D eigenvalue weighted by Crippen LogP contribution is -2.32. The van der Waals surface area contributed by atoms with Gasteiger partial charge in [0, 0.05) is 24.5 Å². The second-order valence-corrected chi connectivity index (χ2v) is 19.0. The van der Waals surface area contributed by atoms with Gasteiger partial charge in [-0.25, -0.2) is 35.5 Å². The zero-order valence-electron chi connectivity index (χ0n) is 34.1. The van der Waals surface area contributed by atoms with E-state index < -0.39 is 94.3 Å². The predicted molar refractivity (Wildman–Crippen MR) is 218 cm³/mol. The van der Waals surface area contributed by atoms with E-state index in [1.807, 2.05) is 0 Å². The number of hydrogen-bond acceptors (Lipinski definition) is 17. The highest BCUT2D eigenvalue weighted by molar-refractivity contribution is 7.53. The number of phosphoric ester groups is 1. The molecule has 3 fully saturated rings. The van der Waals surface area contributed by atoms with Crippen LogP contribution in [0.5, 0.6) is 0 Å². The van der Waals surface area contributed by atoms with Gasteiger partial charge >= 0.3 is 15.4 Å². The third-order valence-corrected chi connectivity index (χ3v) is 14.0. The molecule has 23 nitrogen and oxygen atoms in total. The molecular weight excluding hydrogens is 871 g/mol. The van der Waals surface area contributed by atoms with Crippen LogP contribution in [-0.2, 0) is 46.0 Å². The van der Waals surface area contributed by atoms with Crippen molar-refractivity contribution >= 4 is 61.3 Å². The molecule has 10 unspecified atom stereocenters. The number of nitrogens with zero attached hydrogens (tertiary/aromatic N) is 8. The molecule has 7 heterocycles. The normalized spacial score (nSPS) is 30.0. The van der Waals surface area contributed by atoms with Crippen molar-refractivity contribution in [2.24, 2.45) is 11.8 Å². The van der Waals surface area contributed by atoms with Crippen LogP contribution in [0.15, 0.2) is 54.1 Å². The number of anilines is 2. The molecule has 0 spiro atoms. The highest BCUT2D eigenvalue weighted by atomic mass is 31.2. The Kier molecular flexibility index (Phi) is 12.7. The van der Waals surface area contributed by atoms with Crippen molar-refractivity contribution in [2.45, 2.75) is 70.2 Å². The molecule has 0 aliphatic carbocycles. The number of H-pyrrole nitrogens is 1. The Labute approximate surface area is 357 Å². The molecule has 26 heteroatoms. The molecular formula is C37H42FN11O12P2. The highest BCUT2D eigenvalue weighted by Crippen LogP contribution is 2.58. The molecule has 63 heavy (non-hydrogen) atoms. The summed E-state index contributed by atoms with van der Waals surface area (Å²) >= 11 is 0. The summed E-state index contributed by atoms with van der Waals surface area (Å²) in [6, 6.07) is 8.52. The average molecular weight is 914 g/mol. The standard InChI is InChI=1S/C37H42FN11O12P2/c1-19(2)32(50)46-37-45-31-26(34(52)47-37)43-18-49(31)36-28-24(38)23(59-36)15-57-63(54,56-13-12-39-4)61-27-20(3)35(58-22(27)11-14-62(53,55-5)60-28)48-17-42-25-29(40-16-41-30(25)48)44-33(51)21-9-7-6-8-10-21/h6-10,16-20,22-24,27-28,35-36H,11-15H2,1-3,5H3,(H,40,41,44,51)(H2,45,46,47,50,52). The molecule has 10 atom stereocenters. The number of benzene rings is 1. The summed E-state index contributed by atoms with van der Waals surface area (Å²) in [6.45, 7) is 10.9. The molecule has 2 amide bonds. The number of alkyl halides is 1. The van der Waals surface area contributed by atoms with Crippen LogP contribution in [-0.4, -0.2) is 114 Å².